The van der Waals surface area contributed by atoms with Crippen LogP contribution < -0.4 is 10.6 Å². The first-order valence-corrected chi connectivity index (χ1v) is 10.3. The lowest BCUT2D eigenvalue weighted by molar-refractivity contribution is -0.119. The Balaban J connectivity index is 1.48. The second-order valence-electron chi connectivity index (χ2n) is 7.25. The zero-order valence-electron chi connectivity index (χ0n) is 16.2. The maximum absolute atomic E-state index is 12.9. The molecule has 1 unspecified atom stereocenters. The van der Waals surface area contributed by atoms with Gasteiger partial charge in [-0.25, -0.2) is 4.68 Å². The third-order valence-corrected chi connectivity index (χ3v) is 5.60. The highest BCUT2D eigenvalue weighted by Gasteiger charge is 2.25. The molecule has 4 rings (SSSR count). The number of rotatable bonds is 5. The van der Waals surface area contributed by atoms with Gasteiger partial charge in [0.05, 0.1) is 46.2 Å². The first kappa shape index (κ1) is 20.4. The minimum Gasteiger partial charge on any atom is -0.356 e. The predicted octanol–water partition coefficient (Wildman–Crippen LogP) is 3.33. The average Bonchev–Trinajstić information content (AvgIpc) is 3.33. The Kier molecular flexibility index (Phi) is 5.78. The normalized spacial score (nSPS) is 15.5. The van der Waals surface area contributed by atoms with Crippen LogP contribution in [0.4, 0.5) is 5.69 Å². The number of aromatic nitrogens is 4. The van der Waals surface area contributed by atoms with Crippen molar-refractivity contribution < 1.29 is 9.59 Å². The molecule has 0 radical (unpaired) electrons. The lowest BCUT2D eigenvalue weighted by Crippen LogP contribution is -2.32. The van der Waals surface area contributed by atoms with E-state index in [1.807, 2.05) is 4.68 Å². The number of anilines is 1. The molecular weight excluding hydrogens is 427 g/mol. The fourth-order valence-electron chi connectivity index (χ4n) is 3.54. The fourth-order valence-corrected chi connectivity index (χ4v) is 4.03. The SMILES string of the molecule is CC(=O)NCC1CCn2ncc(C(=O)Nc3cnn(-c4ccc(Cl)cc4Cl)c3)c2C1. The molecule has 0 fully saturated rings. The topological polar surface area (TPSA) is 93.8 Å². The van der Waals surface area contributed by atoms with Crippen molar-refractivity contribution in [2.45, 2.75) is 26.3 Å². The van der Waals surface area contributed by atoms with Crippen LogP contribution in [0.1, 0.15) is 29.4 Å². The van der Waals surface area contributed by atoms with Gasteiger partial charge in [-0.1, -0.05) is 23.2 Å². The zero-order valence-corrected chi connectivity index (χ0v) is 17.7. The second kappa shape index (κ2) is 8.49. The predicted molar refractivity (Wildman–Crippen MR) is 114 cm³/mol. The van der Waals surface area contributed by atoms with E-state index in [1.165, 1.54) is 6.92 Å². The standard InChI is InChI=1S/C20H20Cl2N6O2/c1-12(29)23-8-13-4-5-27-19(6-13)16(10-25-27)20(30)26-15-9-24-28(11-15)18-3-2-14(21)7-17(18)22/h2-3,7,9-11,13H,4-6,8H2,1H3,(H,23,29)(H,26,30). The van der Waals surface area contributed by atoms with Crippen LogP contribution >= 0.6 is 23.2 Å². The highest BCUT2D eigenvalue weighted by atomic mass is 35.5. The van der Waals surface area contributed by atoms with Crippen LogP contribution in [-0.4, -0.2) is 37.9 Å². The molecule has 0 bridgehead atoms. The van der Waals surface area contributed by atoms with E-state index in [9.17, 15) is 9.59 Å². The molecule has 0 spiro atoms. The summed E-state index contributed by atoms with van der Waals surface area (Å²) in [5, 5.41) is 15.3. The average molecular weight is 447 g/mol. The van der Waals surface area contributed by atoms with E-state index in [2.05, 4.69) is 20.8 Å². The maximum Gasteiger partial charge on any atom is 0.259 e. The molecule has 2 N–H and O–H groups in total. The number of benzene rings is 1. The second-order valence-corrected chi connectivity index (χ2v) is 8.09. The first-order valence-electron chi connectivity index (χ1n) is 9.51. The molecule has 0 saturated carbocycles. The molecule has 1 aliphatic heterocycles. The van der Waals surface area contributed by atoms with E-state index in [0.717, 1.165) is 18.7 Å². The van der Waals surface area contributed by atoms with Gasteiger partial charge in [0, 0.05) is 25.0 Å². The molecule has 30 heavy (non-hydrogen) atoms. The smallest absolute Gasteiger partial charge is 0.259 e. The van der Waals surface area contributed by atoms with Crippen molar-refractivity contribution in [2.75, 3.05) is 11.9 Å². The summed E-state index contributed by atoms with van der Waals surface area (Å²) < 4.78 is 3.43. The lowest BCUT2D eigenvalue weighted by Gasteiger charge is -2.24. The van der Waals surface area contributed by atoms with E-state index < -0.39 is 0 Å². The van der Waals surface area contributed by atoms with Gasteiger partial charge in [0.1, 0.15) is 0 Å². The number of hydrogen-bond donors (Lipinski definition) is 2. The Hall–Kier alpha value is -2.84. The van der Waals surface area contributed by atoms with Gasteiger partial charge in [-0.2, -0.15) is 10.2 Å². The van der Waals surface area contributed by atoms with E-state index in [4.69, 9.17) is 23.2 Å². The molecule has 1 aliphatic rings. The van der Waals surface area contributed by atoms with E-state index in [0.29, 0.717) is 39.9 Å². The number of hydrogen-bond acceptors (Lipinski definition) is 4. The molecule has 0 saturated heterocycles. The highest BCUT2D eigenvalue weighted by molar-refractivity contribution is 6.35. The van der Waals surface area contributed by atoms with Gasteiger partial charge in [-0.15, -0.1) is 0 Å². The molecule has 1 atom stereocenters. The molecule has 156 valence electrons. The summed E-state index contributed by atoms with van der Waals surface area (Å²) >= 11 is 12.2. The fraction of sp³-hybridized carbons (Fsp3) is 0.300. The summed E-state index contributed by atoms with van der Waals surface area (Å²) in [6, 6.07) is 5.11. The van der Waals surface area contributed by atoms with Gasteiger partial charge < -0.3 is 10.6 Å². The number of nitrogens with one attached hydrogen (secondary N) is 2. The van der Waals surface area contributed by atoms with Gasteiger partial charge in [0.2, 0.25) is 5.91 Å². The summed E-state index contributed by atoms with van der Waals surface area (Å²) in [6.07, 6.45) is 6.42. The van der Waals surface area contributed by atoms with E-state index in [1.54, 1.807) is 41.5 Å². The number of amides is 2. The largest absolute Gasteiger partial charge is 0.356 e. The zero-order chi connectivity index (χ0) is 21.3. The lowest BCUT2D eigenvalue weighted by atomic mass is 9.94. The molecular formula is C20H20Cl2N6O2. The Morgan fingerprint density at radius 1 is 1.23 bits per heavy atom. The molecule has 3 heterocycles. The van der Waals surface area contributed by atoms with E-state index in [-0.39, 0.29) is 17.7 Å². The molecule has 0 aliphatic carbocycles. The quantitative estimate of drug-likeness (QED) is 0.628. The maximum atomic E-state index is 12.9. The van der Waals surface area contributed by atoms with Crippen molar-refractivity contribution in [2.24, 2.45) is 5.92 Å². The van der Waals surface area contributed by atoms with Crippen LogP contribution in [-0.2, 0) is 17.8 Å². The third-order valence-electron chi connectivity index (χ3n) is 5.06. The molecule has 2 amide bonds. The summed E-state index contributed by atoms with van der Waals surface area (Å²) in [5.41, 5.74) is 2.60. The van der Waals surface area contributed by atoms with Crippen molar-refractivity contribution in [3.05, 3.63) is 58.1 Å². The van der Waals surface area contributed by atoms with Crippen LogP contribution in [0.3, 0.4) is 0 Å². The molecule has 10 heteroatoms. The molecule has 1 aromatic carbocycles. The number of fused-ring (bicyclic) bond motifs is 1. The first-order chi connectivity index (χ1) is 14.4. The van der Waals surface area contributed by atoms with Crippen LogP contribution in [0.25, 0.3) is 5.69 Å². The van der Waals surface area contributed by atoms with Gasteiger partial charge in [-0.3, -0.25) is 14.3 Å². The summed E-state index contributed by atoms with van der Waals surface area (Å²) in [6.45, 7) is 2.82. The number of nitrogens with zero attached hydrogens (tertiary/aromatic N) is 4. The minimum atomic E-state index is -0.252. The molecule has 8 nitrogen and oxygen atoms in total. The van der Waals surface area contributed by atoms with Crippen LogP contribution in [0, 0.1) is 5.92 Å². The van der Waals surface area contributed by atoms with Crippen molar-refractivity contribution in [3.8, 4) is 5.69 Å². The van der Waals surface area contributed by atoms with Gasteiger partial charge >= 0.3 is 0 Å². The summed E-state index contributed by atoms with van der Waals surface area (Å²) in [7, 11) is 0. The third kappa shape index (κ3) is 4.34. The Labute approximate surface area is 183 Å². The van der Waals surface area contributed by atoms with E-state index >= 15 is 0 Å². The Morgan fingerprint density at radius 3 is 2.83 bits per heavy atom. The molecule has 2 aromatic heterocycles. The van der Waals surface area contributed by atoms with Gasteiger partial charge in [0.25, 0.3) is 5.91 Å². The van der Waals surface area contributed by atoms with Gasteiger partial charge in [-0.05, 0) is 37.0 Å². The molecule has 3 aromatic rings. The van der Waals surface area contributed by atoms with Crippen molar-refractivity contribution in [3.63, 3.8) is 0 Å². The van der Waals surface area contributed by atoms with Crippen molar-refractivity contribution in [1.82, 2.24) is 24.9 Å². The monoisotopic (exact) mass is 446 g/mol. The van der Waals surface area contributed by atoms with Crippen LogP contribution in [0.2, 0.25) is 10.0 Å². The van der Waals surface area contributed by atoms with Crippen molar-refractivity contribution in [1.29, 1.82) is 0 Å². The minimum absolute atomic E-state index is 0.0511. The van der Waals surface area contributed by atoms with Gasteiger partial charge in [0.15, 0.2) is 0 Å². The number of aryl methyl sites for hydroxylation is 1. The summed E-state index contributed by atoms with van der Waals surface area (Å²) in [4.78, 5) is 24.0. The Morgan fingerprint density at radius 2 is 2.07 bits per heavy atom. The number of carbonyl (C=O) groups is 2. The Bertz CT molecular complexity index is 1110. The summed E-state index contributed by atoms with van der Waals surface area (Å²) in [5.74, 6) is -0.0255. The van der Waals surface area contributed by atoms with Crippen LogP contribution in [0.15, 0.2) is 36.8 Å². The highest BCUT2D eigenvalue weighted by Crippen LogP contribution is 2.26. The van der Waals surface area contributed by atoms with Crippen molar-refractivity contribution >= 4 is 40.7 Å². The number of carbonyl (C=O) groups excluding carboxylic acids is 2. The number of halogens is 2. The van der Waals surface area contributed by atoms with Crippen LogP contribution in [0.5, 0.6) is 0 Å².